The van der Waals surface area contributed by atoms with E-state index in [1.54, 1.807) is 16.7 Å². The summed E-state index contributed by atoms with van der Waals surface area (Å²) in [4.78, 5) is 53.7. The minimum atomic E-state index is -1.10. The lowest BCUT2D eigenvalue weighted by atomic mass is 9.91. The van der Waals surface area contributed by atoms with Crippen LogP contribution < -0.4 is 0 Å². The summed E-state index contributed by atoms with van der Waals surface area (Å²) in [5.74, 6) is 0.418. The van der Waals surface area contributed by atoms with Crippen molar-refractivity contribution in [3.05, 3.63) is 41.8 Å². The van der Waals surface area contributed by atoms with E-state index in [0.717, 1.165) is 5.52 Å². The van der Waals surface area contributed by atoms with Gasteiger partial charge in [0.15, 0.2) is 11.6 Å². The Morgan fingerprint density at radius 2 is 1.85 bits per heavy atom. The van der Waals surface area contributed by atoms with Crippen molar-refractivity contribution in [2.24, 2.45) is 11.8 Å². The van der Waals surface area contributed by atoms with Crippen LogP contribution in [0.2, 0.25) is 0 Å². The van der Waals surface area contributed by atoms with Crippen molar-refractivity contribution in [2.75, 3.05) is 45.9 Å². The third kappa shape index (κ3) is 6.34. The largest absolute Gasteiger partial charge is 0.465 e. The van der Waals surface area contributed by atoms with Gasteiger partial charge in [-0.15, -0.1) is 0 Å². The molecule has 2 aromatic heterocycles. The number of fused-ring (bicyclic) bond motifs is 1. The molecule has 1 aromatic carbocycles. The van der Waals surface area contributed by atoms with Crippen molar-refractivity contribution in [3.63, 3.8) is 0 Å². The van der Waals surface area contributed by atoms with Crippen LogP contribution in [0.5, 0.6) is 0 Å². The van der Waals surface area contributed by atoms with Crippen LogP contribution in [-0.2, 0) is 22.5 Å². The number of aryl methyl sites for hydroxylation is 3. The Labute approximate surface area is 238 Å². The Balaban J connectivity index is 1.46. The molecule has 13 nitrogen and oxygen atoms in total. The van der Waals surface area contributed by atoms with Crippen molar-refractivity contribution >= 4 is 28.9 Å². The molecule has 0 spiro atoms. The number of piperidine rings is 1. The van der Waals surface area contributed by atoms with E-state index in [4.69, 9.17) is 14.2 Å². The second-order valence-corrected chi connectivity index (χ2v) is 11.1. The number of aromatic nitrogens is 4. The highest BCUT2D eigenvalue weighted by Crippen LogP contribution is 2.27. The fourth-order valence-corrected chi connectivity index (χ4v) is 5.71. The van der Waals surface area contributed by atoms with E-state index in [1.807, 2.05) is 42.7 Å². The first-order chi connectivity index (χ1) is 19.7. The standard InChI is InChI=1S/C28H37N7O6/c1-18(2)15-35(21-14-20(16-33(17-21)28(38)39)26(36)32-10-12-40-13-11-32)27(37)25-30-22-6-4-5-7-23(22)34(25)9-8-24-29-19(3)31-41-24/h4-7,18,20-21H,8-17H2,1-3H3,(H,38,39)/t20-,21+/m1/s1. The number of carbonyl (C=O) groups is 3. The maximum Gasteiger partial charge on any atom is 0.407 e. The molecule has 5 rings (SSSR count). The van der Waals surface area contributed by atoms with E-state index in [1.165, 1.54) is 4.90 Å². The predicted octanol–water partition coefficient (Wildman–Crippen LogP) is 2.30. The lowest BCUT2D eigenvalue weighted by Gasteiger charge is -2.43. The molecule has 2 aliphatic rings. The highest BCUT2D eigenvalue weighted by Gasteiger charge is 2.40. The van der Waals surface area contributed by atoms with Gasteiger partial charge in [0, 0.05) is 45.7 Å². The molecule has 1 N–H and O–H groups in total. The summed E-state index contributed by atoms with van der Waals surface area (Å²) in [6, 6.07) is 7.04. The predicted molar refractivity (Wildman–Crippen MR) is 147 cm³/mol. The molecule has 220 valence electrons. The number of para-hydroxylation sites is 2. The van der Waals surface area contributed by atoms with Crippen LogP contribution in [0.15, 0.2) is 28.8 Å². The molecule has 2 saturated heterocycles. The highest BCUT2D eigenvalue weighted by molar-refractivity contribution is 5.95. The molecule has 2 aliphatic heterocycles. The molecule has 3 amide bonds. The van der Waals surface area contributed by atoms with Crippen molar-refractivity contribution < 1.29 is 28.8 Å². The molecule has 2 atom stereocenters. The van der Waals surface area contributed by atoms with Gasteiger partial charge in [0.2, 0.25) is 11.8 Å². The van der Waals surface area contributed by atoms with Crippen molar-refractivity contribution in [3.8, 4) is 0 Å². The molecule has 0 saturated carbocycles. The Morgan fingerprint density at radius 3 is 2.54 bits per heavy atom. The average Bonchev–Trinajstić information content (AvgIpc) is 3.56. The quantitative estimate of drug-likeness (QED) is 0.433. The number of carbonyl (C=O) groups excluding carboxylic acids is 2. The van der Waals surface area contributed by atoms with Gasteiger partial charge in [0.05, 0.1) is 36.2 Å². The number of benzene rings is 1. The summed E-state index contributed by atoms with van der Waals surface area (Å²) < 4.78 is 12.5. The average molecular weight is 568 g/mol. The van der Waals surface area contributed by atoms with Crippen molar-refractivity contribution in [1.29, 1.82) is 0 Å². The fraction of sp³-hybridized carbons (Fsp3) is 0.571. The van der Waals surface area contributed by atoms with E-state index in [0.29, 0.717) is 69.5 Å². The lowest BCUT2D eigenvalue weighted by Crippen LogP contribution is -2.58. The first-order valence-electron chi connectivity index (χ1n) is 14.1. The zero-order valence-electron chi connectivity index (χ0n) is 23.7. The molecule has 0 aliphatic carbocycles. The minimum absolute atomic E-state index is 0.0942. The summed E-state index contributed by atoms with van der Waals surface area (Å²) in [7, 11) is 0. The van der Waals surface area contributed by atoms with Gasteiger partial charge in [-0.3, -0.25) is 9.59 Å². The number of hydrogen-bond acceptors (Lipinski definition) is 8. The van der Waals surface area contributed by atoms with Crippen molar-refractivity contribution in [1.82, 2.24) is 34.4 Å². The maximum atomic E-state index is 14.4. The van der Waals surface area contributed by atoms with Gasteiger partial charge in [-0.05, 0) is 31.4 Å². The summed E-state index contributed by atoms with van der Waals surface area (Å²) >= 11 is 0. The minimum Gasteiger partial charge on any atom is -0.465 e. The van der Waals surface area contributed by atoms with Crippen molar-refractivity contribution in [2.45, 2.75) is 46.2 Å². The van der Waals surface area contributed by atoms with E-state index in [-0.39, 0.29) is 36.6 Å². The highest BCUT2D eigenvalue weighted by atomic mass is 16.5. The van der Waals surface area contributed by atoms with Gasteiger partial charge < -0.3 is 33.6 Å². The third-order valence-corrected chi connectivity index (χ3v) is 7.60. The monoisotopic (exact) mass is 567 g/mol. The fourth-order valence-electron chi connectivity index (χ4n) is 5.71. The van der Waals surface area contributed by atoms with Gasteiger partial charge in [-0.1, -0.05) is 31.1 Å². The number of amides is 3. The topological polar surface area (TPSA) is 147 Å². The van der Waals surface area contributed by atoms with Gasteiger partial charge >= 0.3 is 6.09 Å². The molecule has 0 radical (unpaired) electrons. The van der Waals surface area contributed by atoms with E-state index < -0.39 is 18.1 Å². The number of rotatable bonds is 8. The Kier molecular flexibility index (Phi) is 8.52. The molecule has 4 heterocycles. The summed E-state index contributed by atoms with van der Waals surface area (Å²) in [6.45, 7) is 8.66. The summed E-state index contributed by atoms with van der Waals surface area (Å²) in [5, 5.41) is 13.8. The van der Waals surface area contributed by atoms with Crippen LogP contribution in [-0.4, -0.2) is 109 Å². The van der Waals surface area contributed by atoms with E-state index >= 15 is 0 Å². The number of likely N-dealkylation sites (tertiary alicyclic amines) is 1. The number of ether oxygens (including phenoxy) is 1. The van der Waals surface area contributed by atoms with Crippen LogP contribution in [0, 0.1) is 18.8 Å². The van der Waals surface area contributed by atoms with Gasteiger partial charge in [-0.2, -0.15) is 4.98 Å². The molecule has 0 unspecified atom stereocenters. The smallest absolute Gasteiger partial charge is 0.407 e. The Morgan fingerprint density at radius 1 is 1.10 bits per heavy atom. The number of morpholine rings is 1. The number of imidazole rings is 1. The van der Waals surface area contributed by atoms with Crippen LogP contribution in [0.25, 0.3) is 11.0 Å². The first kappa shape index (κ1) is 28.5. The molecule has 0 bridgehead atoms. The molecule has 2 fully saturated rings. The number of nitrogens with zero attached hydrogens (tertiary/aromatic N) is 7. The Bertz CT molecular complexity index is 1400. The molecule has 3 aromatic rings. The summed E-state index contributed by atoms with van der Waals surface area (Å²) in [5.41, 5.74) is 1.48. The SMILES string of the molecule is Cc1noc(CCn2c(C(=O)N(CC(C)C)[C@H]3C[C@@H](C(=O)N4CCOCC4)CN(C(=O)O)C3)nc3ccccc32)n1. The maximum absolute atomic E-state index is 14.4. The normalized spacial score (nSPS) is 19.6. The number of carboxylic acid groups (broad SMARTS) is 1. The first-order valence-corrected chi connectivity index (χ1v) is 14.1. The summed E-state index contributed by atoms with van der Waals surface area (Å²) in [6.07, 6.45) is -0.314. The lowest BCUT2D eigenvalue weighted by molar-refractivity contribution is -0.142. The van der Waals surface area contributed by atoms with Gasteiger partial charge in [-0.25, -0.2) is 9.78 Å². The zero-order valence-corrected chi connectivity index (χ0v) is 23.7. The molecular weight excluding hydrogens is 530 g/mol. The van der Waals surface area contributed by atoms with Gasteiger partial charge in [0.1, 0.15) is 0 Å². The van der Waals surface area contributed by atoms with Crippen LogP contribution in [0.4, 0.5) is 4.79 Å². The molecule has 13 heteroatoms. The second-order valence-electron chi connectivity index (χ2n) is 11.1. The van der Waals surface area contributed by atoms with E-state index in [2.05, 4.69) is 10.1 Å². The third-order valence-electron chi connectivity index (χ3n) is 7.60. The van der Waals surface area contributed by atoms with Crippen LogP contribution >= 0.6 is 0 Å². The van der Waals surface area contributed by atoms with Crippen LogP contribution in [0.1, 0.15) is 42.6 Å². The van der Waals surface area contributed by atoms with E-state index in [9.17, 15) is 19.5 Å². The second kappa shape index (κ2) is 12.2. The zero-order chi connectivity index (χ0) is 29.1. The molecule has 41 heavy (non-hydrogen) atoms. The number of hydrogen-bond donors (Lipinski definition) is 1. The van der Waals surface area contributed by atoms with Gasteiger partial charge in [0.25, 0.3) is 5.91 Å². The molecular formula is C28H37N7O6. The Hall–Kier alpha value is -4.00. The van der Waals surface area contributed by atoms with Crippen LogP contribution in [0.3, 0.4) is 0 Å².